The molecule has 0 aliphatic carbocycles. The maximum Gasteiger partial charge on any atom is 0.139 e. The monoisotopic (exact) mass is 406 g/mol. The van der Waals surface area contributed by atoms with Crippen molar-refractivity contribution in [1.82, 2.24) is 9.80 Å². The molecule has 150 valence electrons. The highest BCUT2D eigenvalue weighted by Crippen LogP contribution is 2.39. The summed E-state index contributed by atoms with van der Waals surface area (Å²) in [6, 6.07) is 13.2. The number of hydrogen-bond acceptors (Lipinski definition) is 6. The van der Waals surface area contributed by atoms with Gasteiger partial charge in [-0.05, 0) is 56.6 Å². The van der Waals surface area contributed by atoms with E-state index < -0.39 is 0 Å². The van der Waals surface area contributed by atoms with Gasteiger partial charge in [0.2, 0.25) is 0 Å². The number of benzene rings is 1. The Hall–Kier alpha value is -2.57. The molecule has 1 aromatic carbocycles. The number of aryl methyl sites for hydroxylation is 2. The number of nitrogens with zero attached hydrogens (tertiary/aromatic N) is 3. The van der Waals surface area contributed by atoms with Gasteiger partial charge in [-0.2, -0.15) is 0 Å². The lowest BCUT2D eigenvalue weighted by molar-refractivity contribution is 0.134. The van der Waals surface area contributed by atoms with Crippen molar-refractivity contribution >= 4 is 33.5 Å². The van der Waals surface area contributed by atoms with E-state index in [1.54, 1.807) is 17.6 Å². The van der Waals surface area contributed by atoms with E-state index in [1.165, 1.54) is 21.0 Å². The van der Waals surface area contributed by atoms with Crippen LogP contribution in [0, 0.1) is 6.92 Å². The molecule has 2 aliphatic rings. The van der Waals surface area contributed by atoms with Gasteiger partial charge in [0.15, 0.2) is 0 Å². The molecular weight excluding hydrogens is 380 g/mol. The summed E-state index contributed by atoms with van der Waals surface area (Å²) in [4.78, 5) is 11.4. The first kappa shape index (κ1) is 18.5. The van der Waals surface area contributed by atoms with E-state index in [1.807, 2.05) is 6.26 Å². The molecule has 1 N–H and O–H groups in total. The van der Waals surface area contributed by atoms with Crippen LogP contribution < -0.4 is 5.32 Å². The van der Waals surface area contributed by atoms with Crippen molar-refractivity contribution < 1.29 is 4.42 Å². The summed E-state index contributed by atoms with van der Waals surface area (Å²) >= 11 is 1.81. The standard InChI is InChI=1S/C23H26N4OS/c1-16-13-19-22(24-20-5-3-4-6-21(20)25-23(19)29-16)27-11-10-26(2)18(14-27)8-7-17-9-12-28-15-17/h3-6,9,12-13,15,18,25H,7-8,10-11,14H2,1-2H3. The largest absolute Gasteiger partial charge is 0.472 e. The molecule has 3 aromatic rings. The number of fused-ring (bicyclic) bond motifs is 2. The summed E-state index contributed by atoms with van der Waals surface area (Å²) < 4.78 is 5.24. The number of piperazine rings is 1. The Morgan fingerprint density at radius 3 is 3.00 bits per heavy atom. The van der Waals surface area contributed by atoms with E-state index in [9.17, 15) is 0 Å². The first-order valence-electron chi connectivity index (χ1n) is 10.2. The van der Waals surface area contributed by atoms with Crippen LogP contribution in [-0.2, 0) is 6.42 Å². The normalized spacial score (nSPS) is 19.2. The van der Waals surface area contributed by atoms with Crippen molar-refractivity contribution in [3.05, 3.63) is 64.9 Å². The molecule has 0 spiro atoms. The number of nitrogens with one attached hydrogen (secondary N) is 1. The van der Waals surface area contributed by atoms with E-state index in [4.69, 9.17) is 9.41 Å². The molecule has 0 saturated carbocycles. The smallest absolute Gasteiger partial charge is 0.139 e. The molecule has 4 heterocycles. The average Bonchev–Trinajstić information content (AvgIpc) is 3.33. The molecule has 0 amide bonds. The second-order valence-corrected chi connectivity index (χ2v) is 9.18. The van der Waals surface area contributed by atoms with Crippen molar-refractivity contribution in [2.75, 3.05) is 32.0 Å². The van der Waals surface area contributed by atoms with Crippen LogP contribution in [0.2, 0.25) is 0 Å². The second kappa shape index (κ2) is 7.69. The molecule has 2 aliphatic heterocycles. The number of aliphatic imine (C=N–C) groups is 1. The van der Waals surface area contributed by atoms with Crippen LogP contribution in [0.15, 0.2) is 58.3 Å². The number of amidine groups is 1. The van der Waals surface area contributed by atoms with Crippen molar-refractivity contribution in [2.45, 2.75) is 25.8 Å². The molecule has 5 rings (SSSR count). The highest BCUT2D eigenvalue weighted by atomic mass is 32.1. The summed E-state index contributed by atoms with van der Waals surface area (Å²) in [6.45, 7) is 5.20. The molecule has 1 unspecified atom stereocenters. The van der Waals surface area contributed by atoms with Crippen LogP contribution in [0.4, 0.5) is 16.4 Å². The zero-order chi connectivity index (χ0) is 19.8. The number of furan rings is 1. The van der Waals surface area contributed by atoms with Crippen LogP contribution in [0.25, 0.3) is 0 Å². The maximum atomic E-state index is 5.24. The third kappa shape index (κ3) is 3.70. The predicted octanol–water partition coefficient (Wildman–Crippen LogP) is 5.03. The fourth-order valence-corrected chi connectivity index (χ4v) is 5.13. The van der Waals surface area contributed by atoms with Crippen molar-refractivity contribution in [2.24, 2.45) is 4.99 Å². The fraction of sp³-hybridized carbons (Fsp3) is 0.348. The van der Waals surface area contributed by atoms with Crippen LogP contribution in [-0.4, -0.2) is 48.4 Å². The Labute approximate surface area is 175 Å². The van der Waals surface area contributed by atoms with Gasteiger partial charge in [-0.15, -0.1) is 11.3 Å². The quantitative estimate of drug-likeness (QED) is 0.662. The lowest BCUT2D eigenvalue weighted by Gasteiger charge is -2.41. The average molecular weight is 407 g/mol. The SMILES string of the molecule is Cc1cc2c(s1)Nc1ccccc1N=C2N1CCN(C)C(CCc2ccoc2)C1. The lowest BCUT2D eigenvalue weighted by Crippen LogP contribution is -2.53. The van der Waals surface area contributed by atoms with E-state index >= 15 is 0 Å². The third-order valence-electron chi connectivity index (χ3n) is 5.90. The highest BCUT2D eigenvalue weighted by molar-refractivity contribution is 7.16. The topological polar surface area (TPSA) is 44.0 Å². The van der Waals surface area contributed by atoms with Gasteiger partial charge >= 0.3 is 0 Å². The van der Waals surface area contributed by atoms with Crippen molar-refractivity contribution in [3.63, 3.8) is 0 Å². The lowest BCUT2D eigenvalue weighted by atomic mass is 10.0. The molecular formula is C23H26N4OS. The summed E-state index contributed by atoms with van der Waals surface area (Å²) in [5.74, 6) is 1.10. The van der Waals surface area contributed by atoms with Gasteiger partial charge in [-0.25, -0.2) is 4.99 Å². The van der Waals surface area contributed by atoms with E-state index in [2.05, 4.69) is 65.5 Å². The first-order chi connectivity index (χ1) is 14.2. The van der Waals surface area contributed by atoms with Gasteiger partial charge in [0.1, 0.15) is 10.8 Å². The minimum atomic E-state index is 0.496. The molecule has 0 radical (unpaired) electrons. The Morgan fingerprint density at radius 1 is 1.24 bits per heavy atom. The molecule has 29 heavy (non-hydrogen) atoms. The Kier molecular flexibility index (Phi) is 4.89. The van der Waals surface area contributed by atoms with Gasteiger partial charge in [0.05, 0.1) is 29.5 Å². The molecule has 0 bridgehead atoms. The van der Waals surface area contributed by atoms with Crippen LogP contribution in [0.1, 0.15) is 22.4 Å². The summed E-state index contributed by atoms with van der Waals surface area (Å²) in [7, 11) is 2.24. The highest BCUT2D eigenvalue weighted by Gasteiger charge is 2.29. The summed E-state index contributed by atoms with van der Waals surface area (Å²) in [5, 5.41) is 4.81. The zero-order valence-corrected chi connectivity index (χ0v) is 17.7. The van der Waals surface area contributed by atoms with Gasteiger partial charge in [0, 0.05) is 30.6 Å². The summed E-state index contributed by atoms with van der Waals surface area (Å²) in [5.41, 5.74) is 4.59. The minimum absolute atomic E-state index is 0.496. The number of hydrogen-bond donors (Lipinski definition) is 1. The number of para-hydroxylation sites is 2. The molecule has 1 saturated heterocycles. The number of rotatable bonds is 3. The fourth-order valence-electron chi connectivity index (χ4n) is 4.21. The zero-order valence-electron chi connectivity index (χ0n) is 16.9. The molecule has 6 heteroatoms. The van der Waals surface area contributed by atoms with Crippen LogP contribution in [0.5, 0.6) is 0 Å². The Morgan fingerprint density at radius 2 is 2.14 bits per heavy atom. The second-order valence-electron chi connectivity index (χ2n) is 7.93. The number of thiophene rings is 1. The third-order valence-corrected chi connectivity index (χ3v) is 6.86. The van der Waals surface area contributed by atoms with Gasteiger partial charge in [0.25, 0.3) is 0 Å². The summed E-state index contributed by atoms with van der Waals surface area (Å²) in [6.07, 6.45) is 5.78. The molecule has 2 aromatic heterocycles. The Balaban J connectivity index is 1.44. The van der Waals surface area contributed by atoms with E-state index in [-0.39, 0.29) is 0 Å². The van der Waals surface area contributed by atoms with Crippen LogP contribution in [0.3, 0.4) is 0 Å². The van der Waals surface area contributed by atoms with E-state index in [0.717, 1.165) is 49.7 Å². The van der Waals surface area contributed by atoms with Gasteiger partial charge in [-0.3, -0.25) is 4.90 Å². The van der Waals surface area contributed by atoms with Gasteiger partial charge < -0.3 is 14.6 Å². The first-order valence-corrected chi connectivity index (χ1v) is 11.0. The predicted molar refractivity (Wildman–Crippen MR) is 120 cm³/mol. The van der Waals surface area contributed by atoms with Crippen molar-refractivity contribution in [3.8, 4) is 0 Å². The minimum Gasteiger partial charge on any atom is -0.472 e. The van der Waals surface area contributed by atoms with E-state index in [0.29, 0.717) is 6.04 Å². The van der Waals surface area contributed by atoms with Crippen LogP contribution >= 0.6 is 11.3 Å². The molecule has 1 fully saturated rings. The molecule has 1 atom stereocenters. The number of anilines is 2. The number of likely N-dealkylation sites (N-methyl/N-ethyl adjacent to an activating group) is 1. The molecule has 5 nitrogen and oxygen atoms in total. The maximum absolute atomic E-state index is 5.24. The Bertz CT molecular complexity index is 1020. The van der Waals surface area contributed by atoms with Crippen molar-refractivity contribution in [1.29, 1.82) is 0 Å². The van der Waals surface area contributed by atoms with Gasteiger partial charge in [-0.1, -0.05) is 12.1 Å².